The van der Waals surface area contributed by atoms with Crippen molar-refractivity contribution in [3.63, 3.8) is 0 Å². The predicted octanol–water partition coefficient (Wildman–Crippen LogP) is -0.673. The monoisotopic (exact) mass is 289 g/mol. The molecule has 0 aliphatic rings. The maximum atomic E-state index is 11.8. The van der Waals surface area contributed by atoms with Crippen molar-refractivity contribution < 1.29 is 9.90 Å². The van der Waals surface area contributed by atoms with E-state index in [0.717, 1.165) is 0 Å². The third-order valence-corrected chi connectivity index (χ3v) is 2.85. The van der Waals surface area contributed by atoms with Gasteiger partial charge in [-0.05, 0) is 12.1 Å². The van der Waals surface area contributed by atoms with Gasteiger partial charge in [-0.25, -0.2) is 0 Å². The van der Waals surface area contributed by atoms with E-state index in [1.165, 1.54) is 29.0 Å². The summed E-state index contributed by atoms with van der Waals surface area (Å²) in [6.45, 7) is 0.0882. The van der Waals surface area contributed by atoms with Crippen LogP contribution in [0.15, 0.2) is 52.3 Å². The molecule has 0 aromatic carbocycles. The molecule has 0 spiro atoms. The molecule has 0 radical (unpaired) electrons. The number of hydrogen-bond acceptors (Lipinski definition) is 4. The predicted molar refractivity (Wildman–Crippen MR) is 76.1 cm³/mol. The highest BCUT2D eigenvalue weighted by atomic mass is 16.3. The summed E-state index contributed by atoms with van der Waals surface area (Å²) in [4.78, 5) is 36.5. The van der Waals surface area contributed by atoms with Gasteiger partial charge in [0.05, 0.1) is 18.2 Å². The fourth-order valence-electron chi connectivity index (χ4n) is 1.77. The van der Waals surface area contributed by atoms with Crippen molar-refractivity contribution in [1.29, 1.82) is 0 Å². The van der Waals surface area contributed by atoms with Crippen LogP contribution in [0.4, 0.5) is 0 Å². The molecule has 2 heterocycles. The van der Waals surface area contributed by atoms with Gasteiger partial charge in [0.2, 0.25) is 5.56 Å². The first kappa shape index (κ1) is 14.7. The highest BCUT2D eigenvalue weighted by Gasteiger charge is 2.10. The zero-order chi connectivity index (χ0) is 15.2. The molecular formula is C14H15N3O4. The van der Waals surface area contributed by atoms with Crippen molar-refractivity contribution in [3.8, 4) is 0 Å². The number of pyridine rings is 2. The number of aliphatic hydroxyl groups excluding tert-OH is 1. The quantitative estimate of drug-likeness (QED) is 0.679. The van der Waals surface area contributed by atoms with Crippen molar-refractivity contribution in [2.45, 2.75) is 12.6 Å². The molecule has 0 fully saturated rings. The van der Waals surface area contributed by atoms with E-state index in [1.54, 1.807) is 18.3 Å². The molecule has 21 heavy (non-hydrogen) atoms. The number of aliphatic hydroxyl groups is 1. The molecule has 0 saturated heterocycles. The second-order valence-electron chi connectivity index (χ2n) is 4.50. The van der Waals surface area contributed by atoms with Crippen LogP contribution in [0.25, 0.3) is 0 Å². The Hall–Kier alpha value is -2.67. The van der Waals surface area contributed by atoms with Crippen molar-refractivity contribution in [3.05, 3.63) is 69.0 Å². The molecule has 7 heteroatoms. The minimum absolute atomic E-state index is 0.000700. The van der Waals surface area contributed by atoms with Gasteiger partial charge in [-0.1, -0.05) is 6.07 Å². The van der Waals surface area contributed by atoms with Crippen LogP contribution < -0.4 is 16.4 Å². The lowest BCUT2D eigenvalue weighted by Gasteiger charge is -2.13. The first-order valence-electron chi connectivity index (χ1n) is 6.37. The number of rotatable bonds is 5. The van der Waals surface area contributed by atoms with Crippen molar-refractivity contribution in [1.82, 2.24) is 14.9 Å². The van der Waals surface area contributed by atoms with Gasteiger partial charge in [0.15, 0.2) is 0 Å². The number of aromatic nitrogens is 2. The number of nitrogens with zero attached hydrogens (tertiary/aromatic N) is 1. The highest BCUT2D eigenvalue weighted by Crippen LogP contribution is 1.94. The molecule has 1 amide bonds. The van der Waals surface area contributed by atoms with Crippen LogP contribution in [0, 0.1) is 0 Å². The standard InChI is InChI=1S/C14H15N3O4/c18-11(9-17-6-2-1-3-13(17)20)8-16-14(21)10-4-5-12(19)15-7-10/h1-7,11,18H,8-9H2,(H,15,19)(H,16,21)/t11-/m0/s1. The first-order chi connectivity index (χ1) is 10.1. The molecule has 0 saturated carbocycles. The molecule has 2 rings (SSSR count). The number of carbonyl (C=O) groups excluding carboxylic acids is 1. The summed E-state index contributed by atoms with van der Waals surface area (Å²) in [6.07, 6.45) is 1.97. The molecule has 0 unspecified atom stereocenters. The second kappa shape index (κ2) is 6.67. The van der Waals surface area contributed by atoms with Gasteiger partial charge in [0.1, 0.15) is 0 Å². The Balaban J connectivity index is 1.89. The van der Waals surface area contributed by atoms with E-state index in [4.69, 9.17) is 0 Å². The van der Waals surface area contributed by atoms with Crippen molar-refractivity contribution in [2.75, 3.05) is 6.54 Å². The minimum atomic E-state index is -0.892. The summed E-state index contributed by atoms with van der Waals surface area (Å²) in [6, 6.07) is 7.33. The third-order valence-electron chi connectivity index (χ3n) is 2.85. The fraction of sp³-hybridized carbons (Fsp3) is 0.214. The Kier molecular flexibility index (Phi) is 4.68. The number of amides is 1. The Labute approximate surface area is 119 Å². The molecule has 3 N–H and O–H groups in total. The number of carbonyl (C=O) groups is 1. The second-order valence-corrected chi connectivity index (χ2v) is 4.50. The summed E-state index contributed by atoms with van der Waals surface area (Å²) in [5.41, 5.74) is -0.225. The van der Waals surface area contributed by atoms with Crippen molar-refractivity contribution in [2.24, 2.45) is 0 Å². The molecular weight excluding hydrogens is 274 g/mol. The fourth-order valence-corrected chi connectivity index (χ4v) is 1.77. The smallest absolute Gasteiger partial charge is 0.252 e. The molecule has 7 nitrogen and oxygen atoms in total. The van der Waals surface area contributed by atoms with Gasteiger partial charge in [-0.2, -0.15) is 0 Å². The maximum Gasteiger partial charge on any atom is 0.252 e. The van der Waals surface area contributed by atoms with E-state index in [9.17, 15) is 19.5 Å². The molecule has 2 aromatic heterocycles. The van der Waals surface area contributed by atoms with Gasteiger partial charge >= 0.3 is 0 Å². The van der Waals surface area contributed by atoms with E-state index < -0.39 is 12.0 Å². The van der Waals surface area contributed by atoms with Crippen LogP contribution >= 0.6 is 0 Å². The maximum absolute atomic E-state index is 11.8. The van der Waals surface area contributed by atoms with Crippen LogP contribution in [0.2, 0.25) is 0 Å². The first-order valence-corrected chi connectivity index (χ1v) is 6.37. The topological polar surface area (TPSA) is 104 Å². The Bertz CT molecular complexity index is 715. The summed E-state index contributed by atoms with van der Waals surface area (Å²) in [5, 5.41) is 12.4. The van der Waals surface area contributed by atoms with Gasteiger partial charge < -0.3 is 20.0 Å². The van der Waals surface area contributed by atoms with Crippen LogP contribution in [-0.4, -0.2) is 33.2 Å². The van der Waals surface area contributed by atoms with Gasteiger partial charge in [0.25, 0.3) is 11.5 Å². The van der Waals surface area contributed by atoms with E-state index in [0.29, 0.717) is 5.56 Å². The summed E-state index contributed by atoms with van der Waals surface area (Å²) < 4.78 is 1.36. The zero-order valence-electron chi connectivity index (χ0n) is 11.2. The van der Waals surface area contributed by atoms with E-state index in [-0.39, 0.29) is 24.2 Å². The van der Waals surface area contributed by atoms with Gasteiger partial charge in [0, 0.05) is 31.1 Å². The van der Waals surface area contributed by atoms with Gasteiger partial charge in [-0.15, -0.1) is 0 Å². The molecule has 0 aliphatic heterocycles. The molecule has 0 aliphatic carbocycles. The largest absolute Gasteiger partial charge is 0.389 e. The lowest BCUT2D eigenvalue weighted by molar-refractivity contribution is 0.0903. The summed E-state index contributed by atoms with van der Waals surface area (Å²) in [5.74, 6) is -0.411. The molecule has 110 valence electrons. The highest BCUT2D eigenvalue weighted by molar-refractivity contribution is 5.93. The number of H-pyrrole nitrogens is 1. The molecule has 2 aromatic rings. The van der Waals surface area contributed by atoms with Crippen molar-refractivity contribution >= 4 is 5.91 Å². The minimum Gasteiger partial charge on any atom is -0.389 e. The Morgan fingerprint density at radius 3 is 2.76 bits per heavy atom. The molecule has 1 atom stereocenters. The van der Waals surface area contributed by atoms with E-state index in [2.05, 4.69) is 10.3 Å². The lowest BCUT2D eigenvalue weighted by atomic mass is 10.2. The molecule has 0 bridgehead atoms. The van der Waals surface area contributed by atoms with Crippen LogP contribution in [0.5, 0.6) is 0 Å². The Morgan fingerprint density at radius 2 is 2.10 bits per heavy atom. The Morgan fingerprint density at radius 1 is 1.29 bits per heavy atom. The van der Waals surface area contributed by atoms with E-state index in [1.807, 2.05) is 0 Å². The van der Waals surface area contributed by atoms with Crippen LogP contribution in [0.3, 0.4) is 0 Å². The number of aromatic amines is 1. The average Bonchev–Trinajstić information content (AvgIpc) is 2.48. The summed E-state index contributed by atoms with van der Waals surface area (Å²) in [7, 11) is 0. The third kappa shape index (κ3) is 4.15. The lowest BCUT2D eigenvalue weighted by Crippen LogP contribution is -2.36. The van der Waals surface area contributed by atoms with Crippen LogP contribution in [-0.2, 0) is 6.54 Å². The normalized spacial score (nSPS) is 11.9. The van der Waals surface area contributed by atoms with E-state index >= 15 is 0 Å². The number of nitrogens with one attached hydrogen (secondary N) is 2. The average molecular weight is 289 g/mol. The summed E-state index contributed by atoms with van der Waals surface area (Å²) >= 11 is 0. The van der Waals surface area contributed by atoms with Crippen LogP contribution in [0.1, 0.15) is 10.4 Å². The SMILES string of the molecule is O=C(NC[C@H](O)Cn1ccccc1=O)c1ccc(=O)[nH]c1. The zero-order valence-corrected chi connectivity index (χ0v) is 11.2. The van der Waals surface area contributed by atoms with Gasteiger partial charge in [-0.3, -0.25) is 14.4 Å². The number of hydrogen-bond donors (Lipinski definition) is 3.